The van der Waals surface area contributed by atoms with Crippen molar-refractivity contribution >= 4 is 27.5 Å². The molecule has 0 aliphatic carbocycles. The number of carbonyl (C=O) groups is 2. The number of hydrogen-bond donors (Lipinski definition) is 1. The number of hydrogen-bond acceptors (Lipinski definition) is 6. The summed E-state index contributed by atoms with van der Waals surface area (Å²) < 4.78 is 50.9. The minimum absolute atomic E-state index is 0.0110. The molecule has 0 fully saturated rings. The third-order valence-corrected chi connectivity index (χ3v) is 6.28. The van der Waals surface area contributed by atoms with Gasteiger partial charge in [0.25, 0.3) is 0 Å². The van der Waals surface area contributed by atoms with Gasteiger partial charge in [0.15, 0.2) is 11.5 Å². The number of fused-ring (bicyclic) bond motifs is 1. The van der Waals surface area contributed by atoms with Crippen LogP contribution >= 0.6 is 0 Å². The number of ether oxygens (including phenoxy) is 2. The maximum absolute atomic E-state index is 14.3. The summed E-state index contributed by atoms with van der Waals surface area (Å²) in [5.41, 5.74) is 0.405. The number of benzene rings is 2. The lowest BCUT2D eigenvalue weighted by molar-refractivity contribution is -0.139. The van der Waals surface area contributed by atoms with E-state index in [2.05, 4.69) is 5.32 Å². The van der Waals surface area contributed by atoms with Crippen LogP contribution in [-0.2, 0) is 26.2 Å². The third kappa shape index (κ3) is 5.72. The summed E-state index contributed by atoms with van der Waals surface area (Å²) in [7, 11) is -3.89. The molecule has 1 aliphatic heterocycles. The van der Waals surface area contributed by atoms with E-state index in [0.29, 0.717) is 18.0 Å². The van der Waals surface area contributed by atoms with Gasteiger partial charge in [0.2, 0.25) is 28.6 Å². The molecule has 33 heavy (non-hydrogen) atoms. The Morgan fingerprint density at radius 3 is 2.52 bits per heavy atom. The van der Waals surface area contributed by atoms with Crippen LogP contribution in [0.25, 0.3) is 0 Å². The summed E-state index contributed by atoms with van der Waals surface area (Å²) >= 11 is 0. The quantitative estimate of drug-likeness (QED) is 0.589. The van der Waals surface area contributed by atoms with Gasteiger partial charge in [-0.3, -0.25) is 13.9 Å². The fraction of sp³-hybridized carbons (Fsp3) is 0.364. The summed E-state index contributed by atoms with van der Waals surface area (Å²) in [6.07, 6.45) is 0.972. The van der Waals surface area contributed by atoms with Crippen molar-refractivity contribution in [3.8, 4) is 11.5 Å². The molecule has 0 radical (unpaired) electrons. The molecule has 0 spiro atoms. The highest BCUT2D eigenvalue weighted by molar-refractivity contribution is 7.92. The van der Waals surface area contributed by atoms with Crippen molar-refractivity contribution in [2.45, 2.75) is 26.4 Å². The smallest absolute Gasteiger partial charge is 0.244 e. The molecule has 0 aromatic heterocycles. The van der Waals surface area contributed by atoms with Gasteiger partial charge in [-0.25, -0.2) is 12.8 Å². The number of anilines is 1. The first-order chi connectivity index (χ1) is 15.6. The van der Waals surface area contributed by atoms with Gasteiger partial charge in [-0.15, -0.1) is 0 Å². The number of nitrogens with zero attached hydrogens (tertiary/aromatic N) is 2. The average Bonchev–Trinajstić information content (AvgIpc) is 3.23. The van der Waals surface area contributed by atoms with Crippen LogP contribution in [0.15, 0.2) is 42.5 Å². The lowest BCUT2D eigenvalue weighted by Crippen LogP contribution is -2.51. The molecule has 2 aromatic rings. The number of halogens is 1. The number of rotatable bonds is 9. The Bertz CT molecular complexity index is 1140. The van der Waals surface area contributed by atoms with Gasteiger partial charge >= 0.3 is 0 Å². The number of nitrogens with one attached hydrogen (secondary N) is 1. The van der Waals surface area contributed by atoms with E-state index in [0.717, 1.165) is 15.5 Å². The highest BCUT2D eigenvalue weighted by Gasteiger charge is 2.31. The molecule has 2 aromatic carbocycles. The second kappa shape index (κ2) is 10.1. The van der Waals surface area contributed by atoms with Gasteiger partial charge in [0, 0.05) is 24.7 Å². The second-order valence-corrected chi connectivity index (χ2v) is 9.40. The maximum atomic E-state index is 14.3. The highest BCUT2D eigenvalue weighted by atomic mass is 32.2. The Labute approximate surface area is 192 Å². The minimum Gasteiger partial charge on any atom is -0.454 e. The Balaban J connectivity index is 1.92. The fourth-order valence-electron chi connectivity index (χ4n) is 3.37. The zero-order valence-corrected chi connectivity index (χ0v) is 19.4. The third-order valence-electron chi connectivity index (χ3n) is 5.14. The molecule has 3 rings (SSSR count). The summed E-state index contributed by atoms with van der Waals surface area (Å²) in [4.78, 5) is 27.0. The lowest BCUT2D eigenvalue weighted by atomic mass is 10.1. The van der Waals surface area contributed by atoms with Crippen molar-refractivity contribution in [1.29, 1.82) is 0 Å². The standard InChI is InChI=1S/C22H26FN3O6S/c1-4-24-22(28)15(2)25(12-16-7-5-6-8-18(16)23)21(27)13-26(33(3,29)30)17-9-10-19-20(11-17)32-14-31-19/h5-11,15H,4,12-14H2,1-3H3,(H,24,28)/t15-/m1/s1. The van der Waals surface area contributed by atoms with Crippen LogP contribution in [0.4, 0.5) is 10.1 Å². The van der Waals surface area contributed by atoms with Gasteiger partial charge in [0.05, 0.1) is 11.9 Å². The van der Waals surface area contributed by atoms with Gasteiger partial charge in [-0.2, -0.15) is 0 Å². The van der Waals surface area contributed by atoms with Gasteiger partial charge in [-0.1, -0.05) is 18.2 Å². The molecule has 178 valence electrons. The average molecular weight is 480 g/mol. The molecule has 0 unspecified atom stereocenters. The summed E-state index contributed by atoms with van der Waals surface area (Å²) in [5.74, 6) is -0.817. The lowest BCUT2D eigenvalue weighted by Gasteiger charge is -2.31. The Hall–Kier alpha value is -3.34. The van der Waals surface area contributed by atoms with Crippen LogP contribution in [0.1, 0.15) is 19.4 Å². The molecule has 9 nitrogen and oxygen atoms in total. The Morgan fingerprint density at radius 2 is 1.85 bits per heavy atom. The second-order valence-electron chi connectivity index (χ2n) is 7.49. The van der Waals surface area contributed by atoms with Crippen molar-refractivity contribution in [3.05, 3.63) is 53.8 Å². The SMILES string of the molecule is CCNC(=O)[C@@H](C)N(Cc1ccccc1F)C(=O)CN(c1ccc2c(c1)OCO2)S(C)(=O)=O. The monoisotopic (exact) mass is 479 g/mol. The number of amides is 2. The van der Waals surface area contributed by atoms with E-state index in [9.17, 15) is 22.4 Å². The molecule has 0 saturated heterocycles. The molecule has 1 N–H and O–H groups in total. The predicted molar refractivity (Wildman–Crippen MR) is 120 cm³/mol. The molecule has 1 aliphatic rings. The van der Waals surface area contributed by atoms with Crippen molar-refractivity contribution < 1.29 is 31.9 Å². The Kier molecular flexibility index (Phi) is 7.42. The van der Waals surface area contributed by atoms with Crippen LogP contribution < -0.4 is 19.1 Å². The minimum atomic E-state index is -3.89. The van der Waals surface area contributed by atoms with Crippen LogP contribution in [0.2, 0.25) is 0 Å². The van der Waals surface area contributed by atoms with E-state index in [4.69, 9.17) is 9.47 Å². The molecular weight excluding hydrogens is 453 g/mol. The van der Waals surface area contributed by atoms with Gasteiger partial charge < -0.3 is 19.7 Å². The largest absolute Gasteiger partial charge is 0.454 e. The topological polar surface area (TPSA) is 105 Å². The van der Waals surface area contributed by atoms with E-state index < -0.39 is 40.2 Å². The van der Waals surface area contributed by atoms with E-state index in [1.165, 1.54) is 37.3 Å². The first-order valence-corrected chi connectivity index (χ1v) is 12.1. The van der Waals surface area contributed by atoms with Crippen molar-refractivity contribution in [2.24, 2.45) is 0 Å². The first-order valence-electron chi connectivity index (χ1n) is 10.3. The molecule has 2 amide bonds. The molecule has 0 bridgehead atoms. The summed E-state index contributed by atoms with van der Waals surface area (Å²) in [6.45, 7) is 2.81. The normalized spacial score (nSPS) is 13.3. The predicted octanol–water partition coefficient (Wildman–Crippen LogP) is 1.87. The maximum Gasteiger partial charge on any atom is 0.244 e. The fourth-order valence-corrected chi connectivity index (χ4v) is 4.21. The van der Waals surface area contributed by atoms with E-state index in [-0.39, 0.29) is 24.6 Å². The molecule has 0 saturated carbocycles. The van der Waals surface area contributed by atoms with Crippen molar-refractivity contribution in [2.75, 3.05) is 30.4 Å². The first kappa shape index (κ1) is 24.3. The number of likely N-dealkylation sites (N-methyl/N-ethyl adjacent to an activating group) is 1. The van der Waals surface area contributed by atoms with Crippen molar-refractivity contribution in [1.82, 2.24) is 10.2 Å². The van der Waals surface area contributed by atoms with Crippen LogP contribution in [0.5, 0.6) is 11.5 Å². The zero-order valence-electron chi connectivity index (χ0n) is 18.6. The number of carbonyl (C=O) groups excluding carboxylic acids is 2. The van der Waals surface area contributed by atoms with Gasteiger partial charge in [0.1, 0.15) is 18.4 Å². The summed E-state index contributed by atoms with van der Waals surface area (Å²) in [6, 6.07) is 9.44. The summed E-state index contributed by atoms with van der Waals surface area (Å²) in [5, 5.41) is 2.64. The Morgan fingerprint density at radius 1 is 1.15 bits per heavy atom. The molecule has 1 atom stereocenters. The van der Waals surface area contributed by atoms with Crippen LogP contribution in [0.3, 0.4) is 0 Å². The zero-order chi connectivity index (χ0) is 24.2. The number of sulfonamides is 1. The molecular formula is C22H26FN3O6S. The van der Waals surface area contributed by atoms with E-state index >= 15 is 0 Å². The van der Waals surface area contributed by atoms with E-state index in [1.54, 1.807) is 19.1 Å². The van der Waals surface area contributed by atoms with E-state index in [1.807, 2.05) is 0 Å². The van der Waals surface area contributed by atoms with Crippen LogP contribution in [0, 0.1) is 5.82 Å². The molecule has 1 heterocycles. The van der Waals surface area contributed by atoms with Crippen molar-refractivity contribution in [3.63, 3.8) is 0 Å². The molecule has 11 heteroatoms. The highest BCUT2D eigenvalue weighted by Crippen LogP contribution is 2.36. The van der Waals surface area contributed by atoms with Gasteiger partial charge in [-0.05, 0) is 32.0 Å². The van der Waals surface area contributed by atoms with Crippen LogP contribution in [-0.4, -0.2) is 57.3 Å².